The van der Waals surface area contributed by atoms with Gasteiger partial charge in [-0.2, -0.15) is 0 Å². The average molecular weight is 553 g/mol. The first-order chi connectivity index (χ1) is 20.6. The number of hydrogen-bond donors (Lipinski definition) is 0. The van der Waals surface area contributed by atoms with E-state index in [-0.39, 0.29) is 0 Å². The third-order valence-corrected chi connectivity index (χ3v) is 10.8. The fourth-order valence-corrected chi connectivity index (χ4v) is 10.1. The van der Waals surface area contributed by atoms with Crippen molar-refractivity contribution in [2.24, 2.45) is 11.8 Å². The number of hydrogen-bond acceptors (Lipinski definition) is 4. The topological polar surface area (TPSA) is 68.3 Å². The van der Waals surface area contributed by atoms with Crippen molar-refractivity contribution in [1.29, 1.82) is 0 Å². The van der Waals surface area contributed by atoms with Gasteiger partial charge < -0.3 is 0 Å². The first-order valence-corrected chi connectivity index (χ1v) is 14.8. The number of carbonyl (C=O) groups is 4. The summed E-state index contributed by atoms with van der Waals surface area (Å²) in [6, 6.07) is 31.2. The second-order valence-corrected chi connectivity index (χ2v) is 12.5. The van der Waals surface area contributed by atoms with E-state index in [0.29, 0.717) is 34.1 Å². The van der Waals surface area contributed by atoms with Crippen LogP contribution in [0.4, 0.5) is 0 Å². The average Bonchev–Trinajstić information content (AvgIpc) is 3.04. The minimum absolute atomic E-state index is 0.358. The number of rotatable bonds is 8. The van der Waals surface area contributed by atoms with E-state index in [1.165, 1.54) is 0 Å². The second kappa shape index (κ2) is 9.84. The minimum Gasteiger partial charge on any atom is -0.298 e. The molecule has 208 valence electrons. The van der Waals surface area contributed by atoms with Crippen molar-refractivity contribution >= 4 is 25.1 Å². The Morgan fingerprint density at radius 2 is 0.714 bits per heavy atom. The van der Waals surface area contributed by atoms with Gasteiger partial charge in [0.15, 0.2) is 0 Å². The van der Waals surface area contributed by atoms with E-state index in [1.807, 2.05) is 84.9 Å². The SMILES string of the molecule is O=Cc1ccccc1C12CC3CC(C1)CC(c1ccccc1C=O)(C3)C2(c1ccccc1C=O)c1ccccc1C=O. The van der Waals surface area contributed by atoms with Gasteiger partial charge in [-0.05, 0) is 66.2 Å². The van der Waals surface area contributed by atoms with Crippen LogP contribution in [0.2, 0.25) is 0 Å². The Bertz CT molecular complexity index is 1590. The molecule has 0 amide bonds. The van der Waals surface area contributed by atoms with Gasteiger partial charge in [0, 0.05) is 38.5 Å². The molecule has 4 bridgehead atoms. The molecule has 4 nitrogen and oxygen atoms in total. The molecule has 0 unspecified atom stereocenters. The summed E-state index contributed by atoms with van der Waals surface area (Å²) in [6.45, 7) is 0. The first kappa shape index (κ1) is 26.5. The van der Waals surface area contributed by atoms with Gasteiger partial charge >= 0.3 is 0 Å². The van der Waals surface area contributed by atoms with Crippen LogP contribution in [0.3, 0.4) is 0 Å². The standard InChI is InChI=1S/C38H32O4/c39-22-28-9-1-5-13-32(28)36-18-26-17-27(19-36)21-37(20-26,33-14-6-2-10-29(33)23-40)38(36,34-15-7-3-11-30(34)24-41)35-16-8-4-12-31(35)25-42/h1-16,22-27H,17-21H2. The third-order valence-electron chi connectivity index (χ3n) is 10.8. The predicted octanol–water partition coefficient (Wildman–Crippen LogP) is 7.32. The van der Waals surface area contributed by atoms with Crippen molar-refractivity contribution in [1.82, 2.24) is 0 Å². The van der Waals surface area contributed by atoms with Crippen LogP contribution in [0.25, 0.3) is 0 Å². The van der Waals surface area contributed by atoms with E-state index in [4.69, 9.17) is 0 Å². The van der Waals surface area contributed by atoms with Crippen LogP contribution in [0, 0.1) is 11.8 Å². The third kappa shape index (κ3) is 3.29. The molecule has 0 atom stereocenters. The van der Waals surface area contributed by atoms with E-state index < -0.39 is 16.2 Å². The van der Waals surface area contributed by atoms with Crippen molar-refractivity contribution in [2.45, 2.75) is 48.3 Å². The maximum atomic E-state index is 12.9. The number of carbonyl (C=O) groups excluding carboxylic acids is 4. The zero-order valence-electron chi connectivity index (χ0n) is 23.4. The fourth-order valence-electron chi connectivity index (χ4n) is 10.1. The van der Waals surface area contributed by atoms with Gasteiger partial charge in [-0.3, -0.25) is 19.2 Å². The smallest absolute Gasteiger partial charge is 0.150 e. The lowest BCUT2D eigenvalue weighted by atomic mass is 9.28. The molecule has 8 rings (SSSR count). The molecule has 4 saturated carbocycles. The molecule has 4 aromatic carbocycles. The lowest BCUT2D eigenvalue weighted by molar-refractivity contribution is -0.0908. The molecule has 0 N–H and O–H groups in total. The Hall–Kier alpha value is -4.44. The summed E-state index contributed by atoms with van der Waals surface area (Å²) >= 11 is 0. The Balaban J connectivity index is 1.77. The van der Waals surface area contributed by atoms with Gasteiger partial charge in [-0.1, -0.05) is 97.1 Å². The highest BCUT2D eigenvalue weighted by atomic mass is 16.1. The van der Waals surface area contributed by atoms with Gasteiger partial charge in [0.25, 0.3) is 0 Å². The molecule has 0 aromatic heterocycles. The molecule has 0 spiro atoms. The highest BCUT2D eigenvalue weighted by Crippen LogP contribution is 2.77. The minimum atomic E-state index is -0.930. The van der Waals surface area contributed by atoms with Crippen LogP contribution in [-0.2, 0) is 16.2 Å². The summed E-state index contributed by atoms with van der Waals surface area (Å²) in [7, 11) is 0. The zero-order chi connectivity index (χ0) is 29.0. The van der Waals surface area contributed by atoms with E-state index in [0.717, 1.165) is 79.5 Å². The summed E-state index contributed by atoms with van der Waals surface area (Å²) in [5.41, 5.74) is 3.86. The van der Waals surface area contributed by atoms with Gasteiger partial charge in [0.2, 0.25) is 0 Å². The Morgan fingerprint density at radius 1 is 0.429 bits per heavy atom. The molecule has 0 aliphatic heterocycles. The summed E-state index contributed by atoms with van der Waals surface area (Å²) in [4.78, 5) is 51.4. The predicted molar refractivity (Wildman–Crippen MR) is 162 cm³/mol. The van der Waals surface area contributed by atoms with Crippen LogP contribution >= 0.6 is 0 Å². The van der Waals surface area contributed by atoms with E-state index >= 15 is 0 Å². The van der Waals surface area contributed by atoms with E-state index in [1.54, 1.807) is 0 Å². The molecule has 4 heteroatoms. The number of aldehydes is 4. The van der Waals surface area contributed by atoms with Crippen LogP contribution in [0.5, 0.6) is 0 Å². The summed E-state index contributed by atoms with van der Waals surface area (Å²) in [5.74, 6) is 0.716. The monoisotopic (exact) mass is 552 g/mol. The van der Waals surface area contributed by atoms with Crippen molar-refractivity contribution in [2.75, 3.05) is 0 Å². The molecular weight excluding hydrogens is 520 g/mol. The molecule has 4 aliphatic carbocycles. The van der Waals surface area contributed by atoms with Crippen LogP contribution in [-0.4, -0.2) is 25.1 Å². The van der Waals surface area contributed by atoms with Crippen LogP contribution < -0.4 is 0 Å². The highest BCUT2D eigenvalue weighted by molar-refractivity contribution is 5.86. The Kier molecular flexibility index (Phi) is 6.20. The normalized spacial score (nSPS) is 26.9. The molecule has 4 fully saturated rings. The highest BCUT2D eigenvalue weighted by Gasteiger charge is 2.74. The van der Waals surface area contributed by atoms with Gasteiger partial charge in [0.05, 0.1) is 0 Å². The lowest BCUT2D eigenvalue weighted by Gasteiger charge is -2.74. The molecule has 0 heterocycles. The zero-order valence-corrected chi connectivity index (χ0v) is 23.4. The molecule has 0 saturated heterocycles. The molecule has 4 aromatic rings. The molecule has 4 aliphatic rings. The van der Waals surface area contributed by atoms with Gasteiger partial charge in [-0.25, -0.2) is 0 Å². The fraction of sp³-hybridized carbons (Fsp3) is 0.263. The van der Waals surface area contributed by atoms with Crippen LogP contribution in [0.1, 0.15) is 95.8 Å². The Labute approximate surface area is 245 Å². The Morgan fingerprint density at radius 3 is 1.05 bits per heavy atom. The van der Waals surface area contributed by atoms with Gasteiger partial charge in [0.1, 0.15) is 25.1 Å². The van der Waals surface area contributed by atoms with E-state index in [2.05, 4.69) is 12.1 Å². The quantitative estimate of drug-likeness (QED) is 0.215. The summed E-state index contributed by atoms with van der Waals surface area (Å²) in [5, 5.41) is 0. The maximum Gasteiger partial charge on any atom is 0.150 e. The van der Waals surface area contributed by atoms with Crippen molar-refractivity contribution in [3.63, 3.8) is 0 Å². The van der Waals surface area contributed by atoms with Crippen molar-refractivity contribution in [3.8, 4) is 0 Å². The summed E-state index contributed by atoms with van der Waals surface area (Å²) in [6.07, 6.45) is 8.11. The van der Waals surface area contributed by atoms with Gasteiger partial charge in [-0.15, -0.1) is 0 Å². The van der Waals surface area contributed by atoms with Crippen molar-refractivity contribution < 1.29 is 19.2 Å². The lowest BCUT2D eigenvalue weighted by Crippen LogP contribution is -2.73. The first-order valence-electron chi connectivity index (χ1n) is 14.8. The van der Waals surface area contributed by atoms with Crippen molar-refractivity contribution in [3.05, 3.63) is 142 Å². The maximum absolute atomic E-state index is 12.9. The van der Waals surface area contributed by atoms with E-state index in [9.17, 15) is 19.2 Å². The molecular formula is C38H32O4. The molecule has 0 radical (unpaired) electrons. The van der Waals surface area contributed by atoms with Crippen LogP contribution in [0.15, 0.2) is 97.1 Å². The second-order valence-electron chi connectivity index (χ2n) is 12.5. The summed E-state index contributed by atoms with van der Waals surface area (Å²) < 4.78 is 0. The molecule has 42 heavy (non-hydrogen) atoms. The number of benzene rings is 4. The largest absolute Gasteiger partial charge is 0.298 e.